The van der Waals surface area contributed by atoms with E-state index in [1.807, 2.05) is 43.1 Å². The molecular weight excluding hydrogens is 404 g/mol. The number of para-hydroxylation sites is 1. The molecule has 2 amide bonds. The van der Waals surface area contributed by atoms with Crippen LogP contribution in [0.15, 0.2) is 24.3 Å². The molecule has 0 bridgehead atoms. The van der Waals surface area contributed by atoms with E-state index in [-0.39, 0.29) is 35.4 Å². The van der Waals surface area contributed by atoms with Crippen LogP contribution >= 0.6 is 0 Å². The van der Waals surface area contributed by atoms with Gasteiger partial charge in [0.1, 0.15) is 5.75 Å². The Labute approximate surface area is 192 Å². The van der Waals surface area contributed by atoms with E-state index in [4.69, 9.17) is 4.74 Å². The smallest absolute Gasteiger partial charge is 0.237 e. The molecule has 7 heteroatoms. The monoisotopic (exact) mass is 444 g/mol. The first-order valence-corrected chi connectivity index (χ1v) is 11.8. The number of benzene rings is 1. The third-order valence-electron chi connectivity index (χ3n) is 6.57. The Kier molecular flexibility index (Phi) is 7.50. The quantitative estimate of drug-likeness (QED) is 0.676. The maximum absolute atomic E-state index is 13.3. The van der Waals surface area contributed by atoms with Crippen LogP contribution in [0.25, 0.3) is 0 Å². The van der Waals surface area contributed by atoms with E-state index in [1.54, 1.807) is 0 Å². The fourth-order valence-electron chi connectivity index (χ4n) is 5.38. The zero-order valence-electron chi connectivity index (χ0n) is 20.5. The molecule has 2 fully saturated rings. The second-order valence-electron chi connectivity index (χ2n) is 10.5. The van der Waals surface area contributed by atoms with Crippen molar-refractivity contribution in [3.8, 4) is 5.75 Å². The molecule has 0 saturated carbocycles. The van der Waals surface area contributed by atoms with Crippen molar-refractivity contribution in [2.45, 2.75) is 83.6 Å². The zero-order chi connectivity index (χ0) is 23.5. The summed E-state index contributed by atoms with van der Waals surface area (Å²) in [5.74, 6) is 0.786. The number of nitrogens with zero attached hydrogens (tertiary/aromatic N) is 2. The van der Waals surface area contributed by atoms with E-state index in [1.165, 1.54) is 0 Å². The predicted octanol–water partition coefficient (Wildman–Crippen LogP) is 2.54. The summed E-state index contributed by atoms with van der Waals surface area (Å²) in [4.78, 5) is 30.1. The van der Waals surface area contributed by atoms with Crippen LogP contribution in [0.1, 0.15) is 59.4 Å². The van der Waals surface area contributed by atoms with Gasteiger partial charge in [-0.15, -0.1) is 0 Å². The Bertz CT molecular complexity index is 807. The van der Waals surface area contributed by atoms with E-state index < -0.39 is 6.04 Å². The zero-order valence-corrected chi connectivity index (χ0v) is 20.5. The number of carbonyl (C=O) groups is 2. The Hall–Kier alpha value is -2.12. The standard InChI is InChI=1S/C25H40N4O3/c1-7-32-21-11-9-8-10-18(21)17-29-13-12-26-23(31)20(29)14-22(30)28(6)19-15-24(2,3)27-25(4,5)16-19/h8-11,19-20,27H,7,12-17H2,1-6H3,(H,26,31)/t20-/m0/s1. The highest BCUT2D eigenvalue weighted by atomic mass is 16.5. The summed E-state index contributed by atoms with van der Waals surface area (Å²) >= 11 is 0. The number of piperidine rings is 1. The summed E-state index contributed by atoms with van der Waals surface area (Å²) in [6.45, 7) is 13.2. The van der Waals surface area contributed by atoms with Crippen molar-refractivity contribution >= 4 is 11.8 Å². The number of rotatable bonds is 7. The molecule has 2 heterocycles. The lowest BCUT2D eigenvalue weighted by Gasteiger charge is -2.49. The fourth-order valence-corrected chi connectivity index (χ4v) is 5.38. The molecule has 0 unspecified atom stereocenters. The Balaban J connectivity index is 1.72. The molecule has 0 radical (unpaired) electrons. The number of nitrogens with one attached hydrogen (secondary N) is 2. The number of ether oxygens (including phenoxy) is 1. The van der Waals surface area contributed by atoms with Crippen LogP contribution in [0.5, 0.6) is 5.75 Å². The van der Waals surface area contributed by atoms with Crippen LogP contribution < -0.4 is 15.4 Å². The Morgan fingerprint density at radius 1 is 1.19 bits per heavy atom. The molecule has 178 valence electrons. The van der Waals surface area contributed by atoms with Crippen LogP contribution in [-0.4, -0.2) is 71.5 Å². The molecule has 32 heavy (non-hydrogen) atoms. The van der Waals surface area contributed by atoms with Crippen molar-refractivity contribution in [3.63, 3.8) is 0 Å². The van der Waals surface area contributed by atoms with Crippen molar-refractivity contribution in [1.82, 2.24) is 20.4 Å². The highest BCUT2D eigenvalue weighted by Crippen LogP contribution is 2.31. The van der Waals surface area contributed by atoms with Crippen molar-refractivity contribution in [2.24, 2.45) is 0 Å². The Morgan fingerprint density at radius 2 is 1.84 bits per heavy atom. The van der Waals surface area contributed by atoms with Gasteiger partial charge in [0.15, 0.2) is 0 Å². The summed E-state index contributed by atoms with van der Waals surface area (Å²) in [7, 11) is 1.89. The maximum atomic E-state index is 13.3. The van der Waals surface area contributed by atoms with Gasteiger partial charge in [0, 0.05) is 49.4 Å². The molecule has 2 aliphatic heterocycles. The number of hydrogen-bond acceptors (Lipinski definition) is 5. The SMILES string of the molecule is CCOc1ccccc1CN1CCNC(=O)[C@@H]1CC(=O)N(C)C1CC(C)(C)NC(C)(C)C1. The number of piperazine rings is 1. The average molecular weight is 445 g/mol. The van der Waals surface area contributed by atoms with Gasteiger partial charge in [0.25, 0.3) is 0 Å². The first-order valence-electron chi connectivity index (χ1n) is 11.8. The minimum absolute atomic E-state index is 0.0219. The largest absolute Gasteiger partial charge is 0.494 e. The van der Waals surface area contributed by atoms with Crippen LogP contribution in [0, 0.1) is 0 Å². The van der Waals surface area contributed by atoms with Crippen LogP contribution in [0.4, 0.5) is 0 Å². The highest BCUT2D eigenvalue weighted by molar-refractivity contribution is 5.89. The summed E-state index contributed by atoms with van der Waals surface area (Å²) in [5, 5.41) is 6.62. The van der Waals surface area contributed by atoms with Crippen molar-refractivity contribution in [3.05, 3.63) is 29.8 Å². The minimum atomic E-state index is -0.476. The predicted molar refractivity (Wildman–Crippen MR) is 127 cm³/mol. The van der Waals surface area contributed by atoms with Crippen LogP contribution in [-0.2, 0) is 16.1 Å². The van der Waals surface area contributed by atoms with Gasteiger partial charge in [-0.3, -0.25) is 14.5 Å². The molecule has 0 aliphatic carbocycles. The summed E-state index contributed by atoms with van der Waals surface area (Å²) in [5.41, 5.74) is 0.952. The molecule has 1 aromatic rings. The lowest BCUT2D eigenvalue weighted by atomic mass is 9.79. The van der Waals surface area contributed by atoms with Gasteiger partial charge in [0.2, 0.25) is 11.8 Å². The summed E-state index contributed by atoms with van der Waals surface area (Å²) in [6.07, 6.45) is 1.96. The van der Waals surface area contributed by atoms with E-state index in [2.05, 4.69) is 43.2 Å². The highest BCUT2D eigenvalue weighted by Gasteiger charge is 2.41. The van der Waals surface area contributed by atoms with Gasteiger partial charge >= 0.3 is 0 Å². The van der Waals surface area contributed by atoms with Gasteiger partial charge in [-0.2, -0.15) is 0 Å². The fraction of sp³-hybridized carbons (Fsp3) is 0.680. The molecule has 7 nitrogen and oxygen atoms in total. The second kappa shape index (κ2) is 9.79. The molecule has 2 N–H and O–H groups in total. The second-order valence-corrected chi connectivity index (χ2v) is 10.5. The summed E-state index contributed by atoms with van der Waals surface area (Å²) < 4.78 is 5.77. The molecule has 1 atom stereocenters. The van der Waals surface area contributed by atoms with E-state index in [0.29, 0.717) is 26.2 Å². The normalized spacial score (nSPS) is 23.4. The molecular formula is C25H40N4O3. The minimum Gasteiger partial charge on any atom is -0.494 e. The number of amides is 2. The topological polar surface area (TPSA) is 73.9 Å². The van der Waals surface area contributed by atoms with Crippen molar-refractivity contribution < 1.29 is 14.3 Å². The molecule has 2 saturated heterocycles. The van der Waals surface area contributed by atoms with Gasteiger partial charge in [-0.05, 0) is 53.5 Å². The molecule has 3 rings (SSSR count). The first kappa shape index (κ1) is 24.5. The first-order chi connectivity index (χ1) is 15.0. The summed E-state index contributed by atoms with van der Waals surface area (Å²) in [6, 6.07) is 7.59. The molecule has 0 aromatic heterocycles. The lowest BCUT2D eigenvalue weighted by molar-refractivity contribution is -0.140. The van der Waals surface area contributed by atoms with E-state index >= 15 is 0 Å². The maximum Gasteiger partial charge on any atom is 0.237 e. The average Bonchev–Trinajstić information content (AvgIpc) is 2.69. The van der Waals surface area contributed by atoms with Crippen molar-refractivity contribution in [1.29, 1.82) is 0 Å². The third-order valence-corrected chi connectivity index (χ3v) is 6.57. The van der Waals surface area contributed by atoms with Gasteiger partial charge in [0.05, 0.1) is 19.1 Å². The van der Waals surface area contributed by atoms with Gasteiger partial charge in [-0.25, -0.2) is 0 Å². The number of carbonyl (C=O) groups excluding carboxylic acids is 2. The molecule has 1 aromatic carbocycles. The Morgan fingerprint density at radius 3 is 2.50 bits per heavy atom. The van der Waals surface area contributed by atoms with Crippen molar-refractivity contribution in [2.75, 3.05) is 26.7 Å². The van der Waals surface area contributed by atoms with E-state index in [0.717, 1.165) is 24.2 Å². The van der Waals surface area contributed by atoms with Gasteiger partial charge < -0.3 is 20.3 Å². The van der Waals surface area contributed by atoms with Crippen LogP contribution in [0.3, 0.4) is 0 Å². The lowest BCUT2D eigenvalue weighted by Crippen LogP contribution is -2.63. The van der Waals surface area contributed by atoms with Gasteiger partial charge in [-0.1, -0.05) is 18.2 Å². The number of hydrogen-bond donors (Lipinski definition) is 2. The van der Waals surface area contributed by atoms with E-state index in [9.17, 15) is 9.59 Å². The molecule has 0 spiro atoms. The third kappa shape index (κ3) is 6.01. The van der Waals surface area contributed by atoms with Crippen LogP contribution in [0.2, 0.25) is 0 Å². The molecule has 2 aliphatic rings.